The largest absolute Gasteiger partial charge is 0.398 e. The molecule has 2 unspecified atom stereocenters. The van der Waals surface area contributed by atoms with E-state index in [1.807, 2.05) is 10.7 Å². The van der Waals surface area contributed by atoms with Crippen LogP contribution in [-0.4, -0.2) is 33.4 Å². The minimum atomic E-state index is 0.180. The number of hydrogen-bond donors (Lipinski definition) is 1. The van der Waals surface area contributed by atoms with Gasteiger partial charge in [-0.25, -0.2) is 4.68 Å². The average molecular weight is 294 g/mol. The van der Waals surface area contributed by atoms with Crippen molar-refractivity contribution in [3.63, 3.8) is 0 Å². The van der Waals surface area contributed by atoms with Crippen LogP contribution in [-0.2, 0) is 4.74 Å². The Hall–Kier alpha value is -1.66. The van der Waals surface area contributed by atoms with Gasteiger partial charge in [-0.05, 0) is 42.0 Å². The zero-order valence-corrected chi connectivity index (χ0v) is 11.9. The Labute approximate surface area is 121 Å². The Kier molecular flexibility index (Phi) is 3.58. The number of nitrogen functional groups attached to an aromatic ring is 1. The van der Waals surface area contributed by atoms with E-state index in [4.69, 9.17) is 22.1 Å². The highest BCUT2D eigenvalue weighted by atomic mass is 35.5. The first-order valence-corrected chi connectivity index (χ1v) is 6.95. The maximum absolute atomic E-state index is 5.95. The summed E-state index contributed by atoms with van der Waals surface area (Å²) in [6, 6.07) is 5.61. The lowest BCUT2D eigenvalue weighted by Gasteiger charge is -2.18. The smallest absolute Gasteiger partial charge is 0.182 e. The quantitative estimate of drug-likeness (QED) is 0.878. The standard InChI is InChI=1S/C13H16ClN5O/c1-8(10-4-5-20-7-10)19-13(16-17-18-19)9-2-3-11(14)12(15)6-9/h2-3,6,8,10H,4-5,7,15H2,1H3. The number of tetrazole rings is 1. The molecule has 2 N–H and O–H groups in total. The lowest BCUT2D eigenvalue weighted by atomic mass is 10.0. The second-order valence-corrected chi connectivity index (χ2v) is 5.45. The summed E-state index contributed by atoms with van der Waals surface area (Å²) >= 11 is 5.95. The fourth-order valence-corrected chi connectivity index (χ4v) is 2.59. The van der Waals surface area contributed by atoms with E-state index in [2.05, 4.69) is 22.4 Å². The molecule has 106 valence electrons. The van der Waals surface area contributed by atoms with Gasteiger partial charge >= 0.3 is 0 Å². The number of ether oxygens (including phenoxy) is 1. The molecular formula is C13H16ClN5O. The summed E-state index contributed by atoms with van der Waals surface area (Å²) in [6.45, 7) is 3.67. The van der Waals surface area contributed by atoms with Crippen LogP contribution in [0.15, 0.2) is 18.2 Å². The van der Waals surface area contributed by atoms with Crippen LogP contribution in [0.25, 0.3) is 11.4 Å². The second kappa shape index (κ2) is 5.38. The molecule has 1 aromatic carbocycles. The predicted octanol–water partition coefficient (Wildman–Crippen LogP) is 2.17. The zero-order chi connectivity index (χ0) is 14.1. The summed E-state index contributed by atoms with van der Waals surface area (Å²) < 4.78 is 7.27. The molecule has 20 heavy (non-hydrogen) atoms. The highest BCUT2D eigenvalue weighted by Crippen LogP contribution is 2.30. The number of benzene rings is 1. The van der Waals surface area contributed by atoms with Gasteiger partial charge in [0.15, 0.2) is 5.82 Å². The molecule has 0 amide bonds. The Morgan fingerprint density at radius 2 is 2.35 bits per heavy atom. The Balaban J connectivity index is 1.94. The van der Waals surface area contributed by atoms with E-state index in [0.717, 1.165) is 25.2 Å². The molecule has 3 rings (SSSR count). The van der Waals surface area contributed by atoms with Gasteiger partial charge in [0.2, 0.25) is 0 Å². The van der Waals surface area contributed by atoms with Crippen molar-refractivity contribution in [3.05, 3.63) is 23.2 Å². The molecule has 2 atom stereocenters. The minimum absolute atomic E-state index is 0.180. The van der Waals surface area contributed by atoms with Crippen molar-refractivity contribution in [3.8, 4) is 11.4 Å². The summed E-state index contributed by atoms with van der Waals surface area (Å²) in [5, 5.41) is 12.6. The first-order chi connectivity index (χ1) is 9.66. The van der Waals surface area contributed by atoms with Gasteiger partial charge in [-0.1, -0.05) is 11.6 Å². The molecule has 0 saturated carbocycles. The van der Waals surface area contributed by atoms with Crippen LogP contribution in [0, 0.1) is 5.92 Å². The van der Waals surface area contributed by atoms with Gasteiger partial charge in [-0.15, -0.1) is 5.10 Å². The van der Waals surface area contributed by atoms with Gasteiger partial charge in [0.05, 0.1) is 23.4 Å². The summed E-state index contributed by atoms with van der Waals surface area (Å²) in [5.41, 5.74) is 7.23. The maximum atomic E-state index is 5.95. The topological polar surface area (TPSA) is 78.8 Å². The molecule has 2 aromatic rings. The predicted molar refractivity (Wildman–Crippen MR) is 76.3 cm³/mol. The van der Waals surface area contributed by atoms with Crippen LogP contribution in [0.3, 0.4) is 0 Å². The van der Waals surface area contributed by atoms with Crippen LogP contribution in [0.2, 0.25) is 5.02 Å². The summed E-state index contributed by atoms with van der Waals surface area (Å²) in [6.07, 6.45) is 1.03. The fourth-order valence-electron chi connectivity index (χ4n) is 2.47. The second-order valence-electron chi connectivity index (χ2n) is 5.05. The molecule has 1 aliphatic rings. The number of hydrogen-bond acceptors (Lipinski definition) is 5. The average Bonchev–Trinajstić information content (AvgIpc) is 3.11. The molecule has 7 heteroatoms. The van der Waals surface area contributed by atoms with Gasteiger partial charge in [0, 0.05) is 18.1 Å². The van der Waals surface area contributed by atoms with E-state index in [1.54, 1.807) is 12.1 Å². The molecule has 0 aliphatic carbocycles. The monoisotopic (exact) mass is 293 g/mol. The number of aromatic nitrogens is 4. The van der Waals surface area contributed by atoms with Crippen molar-refractivity contribution < 1.29 is 4.74 Å². The van der Waals surface area contributed by atoms with E-state index in [0.29, 0.717) is 22.5 Å². The van der Waals surface area contributed by atoms with Crippen LogP contribution in [0.1, 0.15) is 19.4 Å². The summed E-state index contributed by atoms with van der Waals surface area (Å²) in [5.74, 6) is 1.13. The number of anilines is 1. The van der Waals surface area contributed by atoms with Crippen molar-refractivity contribution in [2.75, 3.05) is 18.9 Å². The molecule has 0 bridgehead atoms. The van der Waals surface area contributed by atoms with Crippen LogP contribution >= 0.6 is 11.6 Å². The molecular weight excluding hydrogens is 278 g/mol. The van der Waals surface area contributed by atoms with Crippen molar-refractivity contribution in [2.24, 2.45) is 5.92 Å². The Morgan fingerprint density at radius 1 is 1.50 bits per heavy atom. The summed E-state index contributed by atoms with van der Waals surface area (Å²) in [7, 11) is 0. The van der Waals surface area contributed by atoms with Gasteiger partial charge in [-0.3, -0.25) is 0 Å². The molecule has 0 spiro atoms. The van der Waals surface area contributed by atoms with E-state index < -0.39 is 0 Å². The van der Waals surface area contributed by atoms with Gasteiger partial charge in [-0.2, -0.15) is 0 Å². The normalized spacial score (nSPS) is 20.2. The minimum Gasteiger partial charge on any atom is -0.398 e. The SMILES string of the molecule is CC(C1CCOC1)n1nnnc1-c1ccc(Cl)c(N)c1. The molecule has 1 saturated heterocycles. The van der Waals surface area contributed by atoms with Crippen LogP contribution in [0.4, 0.5) is 5.69 Å². The summed E-state index contributed by atoms with van der Waals surface area (Å²) in [4.78, 5) is 0. The Morgan fingerprint density at radius 3 is 3.05 bits per heavy atom. The van der Waals surface area contributed by atoms with E-state index in [-0.39, 0.29) is 6.04 Å². The van der Waals surface area contributed by atoms with Crippen molar-refractivity contribution in [2.45, 2.75) is 19.4 Å². The third-order valence-electron chi connectivity index (χ3n) is 3.78. The van der Waals surface area contributed by atoms with E-state index in [1.165, 1.54) is 0 Å². The van der Waals surface area contributed by atoms with E-state index >= 15 is 0 Å². The highest BCUT2D eigenvalue weighted by molar-refractivity contribution is 6.33. The molecule has 1 aliphatic heterocycles. The van der Waals surface area contributed by atoms with Crippen LogP contribution in [0.5, 0.6) is 0 Å². The molecule has 0 radical (unpaired) electrons. The Bertz CT molecular complexity index is 609. The fraction of sp³-hybridized carbons (Fsp3) is 0.462. The third-order valence-corrected chi connectivity index (χ3v) is 4.12. The van der Waals surface area contributed by atoms with Gasteiger partial charge < -0.3 is 10.5 Å². The number of nitrogens with zero attached hydrogens (tertiary/aromatic N) is 4. The molecule has 1 fully saturated rings. The number of halogens is 1. The molecule has 6 nitrogen and oxygen atoms in total. The zero-order valence-electron chi connectivity index (χ0n) is 11.2. The third kappa shape index (κ3) is 2.36. The van der Waals surface area contributed by atoms with Gasteiger partial charge in [0.1, 0.15) is 0 Å². The number of nitrogens with two attached hydrogens (primary N) is 1. The van der Waals surface area contributed by atoms with Crippen molar-refractivity contribution in [1.82, 2.24) is 20.2 Å². The lowest BCUT2D eigenvalue weighted by molar-refractivity contribution is 0.173. The van der Waals surface area contributed by atoms with E-state index in [9.17, 15) is 0 Å². The van der Waals surface area contributed by atoms with Crippen LogP contribution < -0.4 is 5.73 Å². The lowest BCUT2D eigenvalue weighted by Crippen LogP contribution is -2.19. The maximum Gasteiger partial charge on any atom is 0.182 e. The molecule has 1 aromatic heterocycles. The highest BCUT2D eigenvalue weighted by Gasteiger charge is 2.26. The van der Waals surface area contributed by atoms with Crippen molar-refractivity contribution >= 4 is 17.3 Å². The van der Waals surface area contributed by atoms with Crippen molar-refractivity contribution in [1.29, 1.82) is 0 Å². The first-order valence-electron chi connectivity index (χ1n) is 6.58. The first kappa shape index (κ1) is 13.3. The number of rotatable bonds is 3. The molecule has 2 heterocycles. The van der Waals surface area contributed by atoms with Gasteiger partial charge in [0.25, 0.3) is 0 Å².